The molecule has 1 heterocycles. The van der Waals surface area contributed by atoms with Gasteiger partial charge < -0.3 is 10.5 Å². The van der Waals surface area contributed by atoms with Crippen LogP contribution in [0.4, 0.5) is 8.78 Å². The number of halogens is 2. The van der Waals surface area contributed by atoms with Gasteiger partial charge in [0, 0.05) is 31.8 Å². The molecule has 0 bridgehead atoms. The fourth-order valence-corrected chi connectivity index (χ4v) is 2.88. The summed E-state index contributed by atoms with van der Waals surface area (Å²) in [6.45, 7) is 3.19. The molecule has 0 radical (unpaired) electrons. The standard InChI is InChI=1S/C15H22F2N2O/c1-20-10-11-6-7-19(9-11)14(8-18)12-2-4-13(5-3-12)15(16)17/h2-5,11,14-15H,6-10,18H2,1H3. The van der Waals surface area contributed by atoms with E-state index in [9.17, 15) is 8.78 Å². The average Bonchev–Trinajstić information content (AvgIpc) is 2.89. The van der Waals surface area contributed by atoms with Crippen LogP contribution in [0.1, 0.15) is 30.0 Å². The first-order valence-corrected chi connectivity index (χ1v) is 6.96. The average molecular weight is 284 g/mol. The van der Waals surface area contributed by atoms with Crippen molar-refractivity contribution < 1.29 is 13.5 Å². The number of benzene rings is 1. The summed E-state index contributed by atoms with van der Waals surface area (Å²) in [6.07, 6.45) is -1.32. The van der Waals surface area contributed by atoms with Crippen LogP contribution in [-0.2, 0) is 4.74 Å². The topological polar surface area (TPSA) is 38.5 Å². The van der Waals surface area contributed by atoms with Crippen molar-refractivity contribution in [2.45, 2.75) is 18.9 Å². The fraction of sp³-hybridized carbons (Fsp3) is 0.600. The van der Waals surface area contributed by atoms with Gasteiger partial charge in [0.2, 0.25) is 0 Å². The first-order chi connectivity index (χ1) is 9.65. The first-order valence-electron chi connectivity index (χ1n) is 6.96. The number of nitrogens with zero attached hydrogens (tertiary/aromatic N) is 1. The van der Waals surface area contributed by atoms with Crippen molar-refractivity contribution in [3.8, 4) is 0 Å². The van der Waals surface area contributed by atoms with Crippen LogP contribution in [0.3, 0.4) is 0 Å². The van der Waals surface area contributed by atoms with E-state index >= 15 is 0 Å². The van der Waals surface area contributed by atoms with Gasteiger partial charge in [-0.25, -0.2) is 8.78 Å². The minimum atomic E-state index is -2.42. The summed E-state index contributed by atoms with van der Waals surface area (Å²) in [5.74, 6) is 0.536. The maximum atomic E-state index is 12.6. The third-order valence-corrected chi connectivity index (χ3v) is 3.96. The van der Waals surface area contributed by atoms with Crippen molar-refractivity contribution in [1.82, 2.24) is 4.90 Å². The summed E-state index contributed by atoms with van der Waals surface area (Å²) in [5.41, 5.74) is 6.95. The molecule has 2 N–H and O–H groups in total. The number of alkyl halides is 2. The highest BCUT2D eigenvalue weighted by atomic mass is 19.3. The second-order valence-electron chi connectivity index (χ2n) is 5.32. The van der Waals surface area contributed by atoms with E-state index in [1.165, 1.54) is 12.1 Å². The number of ether oxygens (including phenoxy) is 1. The van der Waals surface area contributed by atoms with Crippen LogP contribution in [-0.4, -0.2) is 38.3 Å². The Morgan fingerprint density at radius 2 is 1.95 bits per heavy atom. The molecule has 20 heavy (non-hydrogen) atoms. The summed E-state index contributed by atoms with van der Waals surface area (Å²) < 4.78 is 30.3. The quantitative estimate of drug-likeness (QED) is 0.872. The zero-order valence-electron chi connectivity index (χ0n) is 11.8. The van der Waals surface area contributed by atoms with Gasteiger partial charge in [-0.1, -0.05) is 24.3 Å². The van der Waals surface area contributed by atoms with E-state index in [0.717, 1.165) is 31.7 Å². The number of hydrogen-bond donors (Lipinski definition) is 1. The SMILES string of the molecule is COCC1CCN(C(CN)c2ccc(C(F)F)cc2)C1. The number of rotatable bonds is 6. The number of nitrogens with two attached hydrogens (primary N) is 1. The minimum Gasteiger partial charge on any atom is -0.384 e. The largest absolute Gasteiger partial charge is 0.384 e. The Hall–Kier alpha value is -1.04. The van der Waals surface area contributed by atoms with Crippen molar-refractivity contribution in [1.29, 1.82) is 0 Å². The Labute approximate surface area is 118 Å². The predicted molar refractivity (Wildman–Crippen MR) is 74.8 cm³/mol. The van der Waals surface area contributed by atoms with E-state index in [1.54, 1.807) is 19.2 Å². The normalized spacial score (nSPS) is 21.6. The minimum absolute atomic E-state index is 0.0585. The second-order valence-corrected chi connectivity index (χ2v) is 5.32. The molecule has 1 aromatic carbocycles. The van der Waals surface area contributed by atoms with Crippen LogP contribution in [0.2, 0.25) is 0 Å². The molecule has 0 amide bonds. The van der Waals surface area contributed by atoms with Crippen LogP contribution in [0, 0.1) is 5.92 Å². The van der Waals surface area contributed by atoms with E-state index < -0.39 is 6.43 Å². The Morgan fingerprint density at radius 3 is 2.50 bits per heavy atom. The molecule has 2 unspecified atom stereocenters. The number of methoxy groups -OCH3 is 1. The van der Waals surface area contributed by atoms with E-state index in [2.05, 4.69) is 4.90 Å². The summed E-state index contributed by atoms with van der Waals surface area (Å²) in [4.78, 5) is 2.32. The molecule has 2 atom stereocenters. The molecule has 0 aliphatic carbocycles. The predicted octanol–water partition coefficient (Wildman–Crippen LogP) is 2.59. The summed E-state index contributed by atoms with van der Waals surface area (Å²) in [6, 6.07) is 6.62. The van der Waals surface area contributed by atoms with Crippen molar-refractivity contribution in [3.05, 3.63) is 35.4 Å². The molecular weight excluding hydrogens is 262 g/mol. The first kappa shape index (κ1) is 15.4. The van der Waals surface area contributed by atoms with Gasteiger partial charge in [0.1, 0.15) is 0 Å². The van der Waals surface area contributed by atoms with Gasteiger partial charge >= 0.3 is 0 Å². The van der Waals surface area contributed by atoms with Crippen LogP contribution in [0.25, 0.3) is 0 Å². The van der Waals surface area contributed by atoms with Gasteiger partial charge in [0.15, 0.2) is 0 Å². The summed E-state index contributed by atoms with van der Waals surface area (Å²) >= 11 is 0. The molecule has 0 aromatic heterocycles. The van der Waals surface area contributed by atoms with Gasteiger partial charge in [-0.2, -0.15) is 0 Å². The third-order valence-electron chi connectivity index (χ3n) is 3.96. The molecule has 5 heteroatoms. The lowest BCUT2D eigenvalue weighted by atomic mass is 10.0. The molecule has 112 valence electrons. The van der Waals surface area contributed by atoms with E-state index in [1.807, 2.05) is 0 Å². The molecule has 1 aliphatic rings. The Morgan fingerprint density at radius 1 is 1.30 bits per heavy atom. The van der Waals surface area contributed by atoms with Gasteiger partial charge in [-0.3, -0.25) is 4.90 Å². The molecular formula is C15H22F2N2O. The molecule has 0 saturated carbocycles. The smallest absolute Gasteiger partial charge is 0.263 e. The zero-order chi connectivity index (χ0) is 14.5. The van der Waals surface area contributed by atoms with Crippen LogP contribution in [0.15, 0.2) is 24.3 Å². The highest BCUT2D eigenvalue weighted by molar-refractivity contribution is 5.26. The summed E-state index contributed by atoms with van der Waals surface area (Å²) in [7, 11) is 1.71. The molecule has 0 spiro atoms. The lowest BCUT2D eigenvalue weighted by molar-refractivity contribution is 0.147. The molecule has 1 aromatic rings. The Balaban J connectivity index is 2.04. The van der Waals surface area contributed by atoms with Gasteiger partial charge in [-0.05, 0) is 24.4 Å². The van der Waals surface area contributed by atoms with Crippen LogP contribution >= 0.6 is 0 Å². The van der Waals surface area contributed by atoms with Crippen LogP contribution < -0.4 is 5.73 Å². The highest BCUT2D eigenvalue weighted by Crippen LogP contribution is 2.28. The van der Waals surface area contributed by atoms with Gasteiger partial charge in [0.05, 0.1) is 6.61 Å². The van der Waals surface area contributed by atoms with Crippen molar-refractivity contribution in [3.63, 3.8) is 0 Å². The lowest BCUT2D eigenvalue weighted by Crippen LogP contribution is -2.32. The maximum Gasteiger partial charge on any atom is 0.263 e. The molecule has 1 fully saturated rings. The second kappa shape index (κ2) is 7.11. The van der Waals surface area contributed by atoms with Crippen LogP contribution in [0.5, 0.6) is 0 Å². The number of hydrogen-bond acceptors (Lipinski definition) is 3. The van der Waals surface area contributed by atoms with E-state index in [-0.39, 0.29) is 11.6 Å². The van der Waals surface area contributed by atoms with E-state index in [4.69, 9.17) is 10.5 Å². The molecule has 2 rings (SSSR count). The van der Waals surface area contributed by atoms with Gasteiger partial charge in [-0.15, -0.1) is 0 Å². The third kappa shape index (κ3) is 3.53. The van der Waals surface area contributed by atoms with E-state index in [0.29, 0.717) is 12.5 Å². The highest BCUT2D eigenvalue weighted by Gasteiger charge is 2.28. The Bertz CT molecular complexity index is 411. The molecule has 1 saturated heterocycles. The van der Waals surface area contributed by atoms with Gasteiger partial charge in [0.25, 0.3) is 6.43 Å². The van der Waals surface area contributed by atoms with Crippen molar-refractivity contribution in [2.24, 2.45) is 11.7 Å². The molecule has 3 nitrogen and oxygen atoms in total. The Kier molecular flexibility index (Phi) is 5.46. The fourth-order valence-electron chi connectivity index (χ4n) is 2.88. The molecule has 1 aliphatic heterocycles. The maximum absolute atomic E-state index is 12.6. The van der Waals surface area contributed by atoms with Crippen molar-refractivity contribution >= 4 is 0 Å². The monoisotopic (exact) mass is 284 g/mol. The lowest BCUT2D eigenvalue weighted by Gasteiger charge is -2.27. The van der Waals surface area contributed by atoms with Crippen molar-refractivity contribution in [2.75, 3.05) is 33.4 Å². The number of likely N-dealkylation sites (tertiary alicyclic amines) is 1. The summed E-state index contributed by atoms with van der Waals surface area (Å²) in [5, 5.41) is 0. The zero-order valence-corrected chi connectivity index (χ0v) is 11.8.